The predicted molar refractivity (Wildman–Crippen MR) is 83.7 cm³/mol. The minimum absolute atomic E-state index is 0.0654. The number of ether oxygens (including phenoxy) is 1. The van der Waals surface area contributed by atoms with Gasteiger partial charge in [-0.2, -0.15) is 5.10 Å². The Kier molecular flexibility index (Phi) is 4.07. The molecular weight excluding hydrogens is 334 g/mol. The summed E-state index contributed by atoms with van der Waals surface area (Å²) < 4.78 is 7.61. The molecule has 0 spiro atoms. The first-order valence-electron chi connectivity index (χ1n) is 6.80. The minimum Gasteiger partial charge on any atom is -0.496 e. The van der Waals surface area contributed by atoms with Crippen LogP contribution in [0.4, 0.5) is 0 Å². The fraction of sp³-hybridized carbons (Fsp3) is 0.333. The average molecular weight is 350 g/mol. The first-order valence-corrected chi connectivity index (χ1v) is 7.60. The van der Waals surface area contributed by atoms with Gasteiger partial charge in [-0.05, 0) is 39.2 Å². The van der Waals surface area contributed by atoms with E-state index in [9.17, 15) is 4.79 Å². The Hall–Kier alpha value is -1.66. The highest BCUT2D eigenvalue weighted by Gasteiger charge is 2.13. The van der Waals surface area contributed by atoms with E-state index in [2.05, 4.69) is 26.3 Å². The largest absolute Gasteiger partial charge is 0.496 e. The molecule has 3 rings (SSSR count). The van der Waals surface area contributed by atoms with Crippen LogP contribution in [0.3, 0.4) is 0 Å². The second-order valence-corrected chi connectivity index (χ2v) is 5.86. The number of aromatic nitrogens is 2. The Labute approximate surface area is 131 Å². The quantitative estimate of drug-likeness (QED) is 0.916. The third-order valence-electron chi connectivity index (χ3n) is 3.57. The third kappa shape index (κ3) is 3.01. The van der Waals surface area contributed by atoms with E-state index in [0.717, 1.165) is 46.6 Å². The summed E-state index contributed by atoms with van der Waals surface area (Å²) >= 11 is 3.46. The number of methoxy groups -OCH3 is 1. The monoisotopic (exact) mass is 349 g/mol. The second-order valence-electron chi connectivity index (χ2n) is 5.01. The van der Waals surface area contributed by atoms with Gasteiger partial charge in [-0.15, -0.1) is 0 Å². The van der Waals surface area contributed by atoms with Gasteiger partial charge >= 0.3 is 0 Å². The Morgan fingerprint density at radius 1 is 1.43 bits per heavy atom. The first-order chi connectivity index (χ1) is 10.2. The van der Waals surface area contributed by atoms with E-state index in [4.69, 9.17) is 4.74 Å². The third-order valence-corrected chi connectivity index (χ3v) is 4.19. The van der Waals surface area contributed by atoms with E-state index < -0.39 is 0 Å². The van der Waals surface area contributed by atoms with Crippen LogP contribution in [-0.4, -0.2) is 23.4 Å². The zero-order chi connectivity index (χ0) is 14.8. The summed E-state index contributed by atoms with van der Waals surface area (Å²) in [4.78, 5) is 12.1. The highest BCUT2D eigenvalue weighted by Crippen LogP contribution is 2.25. The molecule has 0 saturated heterocycles. The van der Waals surface area contributed by atoms with Crippen molar-refractivity contribution in [1.82, 2.24) is 15.1 Å². The summed E-state index contributed by atoms with van der Waals surface area (Å²) in [5.74, 6) is 0.774. The van der Waals surface area contributed by atoms with E-state index in [0.29, 0.717) is 6.54 Å². The molecule has 2 heterocycles. The van der Waals surface area contributed by atoms with Gasteiger partial charge in [-0.25, -0.2) is 4.68 Å². The fourth-order valence-corrected chi connectivity index (χ4v) is 3.04. The molecule has 1 aliphatic heterocycles. The number of halogens is 1. The van der Waals surface area contributed by atoms with Crippen molar-refractivity contribution in [2.75, 3.05) is 13.7 Å². The zero-order valence-electron chi connectivity index (χ0n) is 11.7. The molecule has 2 aromatic rings. The average Bonchev–Trinajstić information content (AvgIpc) is 2.48. The summed E-state index contributed by atoms with van der Waals surface area (Å²) in [7, 11) is 1.63. The van der Waals surface area contributed by atoms with Crippen molar-refractivity contribution in [3.05, 3.63) is 55.9 Å². The van der Waals surface area contributed by atoms with Crippen molar-refractivity contribution in [1.29, 1.82) is 0 Å². The lowest BCUT2D eigenvalue weighted by atomic mass is 10.1. The van der Waals surface area contributed by atoms with Crippen molar-refractivity contribution in [3.8, 4) is 5.75 Å². The highest BCUT2D eigenvalue weighted by molar-refractivity contribution is 9.10. The van der Waals surface area contributed by atoms with Gasteiger partial charge in [0.15, 0.2) is 0 Å². The van der Waals surface area contributed by atoms with E-state index in [-0.39, 0.29) is 5.56 Å². The lowest BCUT2D eigenvalue weighted by molar-refractivity contribution is 0.412. The molecule has 1 aromatic carbocycles. The minimum atomic E-state index is -0.0654. The SMILES string of the molecule is COc1ccc(Cn2nc3c(cc2=O)CNCC3)cc1Br. The van der Waals surface area contributed by atoms with Crippen LogP contribution in [0.25, 0.3) is 0 Å². The van der Waals surface area contributed by atoms with Gasteiger partial charge in [-0.1, -0.05) is 6.07 Å². The maximum atomic E-state index is 12.1. The molecule has 0 saturated carbocycles. The number of hydrogen-bond acceptors (Lipinski definition) is 4. The van der Waals surface area contributed by atoms with Crippen LogP contribution in [0.15, 0.2) is 33.5 Å². The van der Waals surface area contributed by atoms with Gasteiger partial charge in [0.2, 0.25) is 0 Å². The van der Waals surface area contributed by atoms with Gasteiger partial charge < -0.3 is 10.1 Å². The number of hydrogen-bond donors (Lipinski definition) is 1. The molecule has 0 aliphatic carbocycles. The molecule has 110 valence electrons. The molecule has 1 aliphatic rings. The van der Waals surface area contributed by atoms with Crippen molar-refractivity contribution < 1.29 is 4.74 Å². The smallest absolute Gasteiger partial charge is 0.267 e. The standard InChI is InChI=1S/C15H16BrN3O2/c1-21-14-3-2-10(6-12(14)16)9-19-15(20)7-11-8-17-5-4-13(11)18-19/h2-3,6-7,17H,4-5,8-9H2,1H3. The molecule has 0 unspecified atom stereocenters. The van der Waals surface area contributed by atoms with Crippen LogP contribution >= 0.6 is 15.9 Å². The molecular formula is C15H16BrN3O2. The van der Waals surface area contributed by atoms with Gasteiger partial charge in [0.05, 0.1) is 23.8 Å². The molecule has 0 bridgehead atoms. The van der Waals surface area contributed by atoms with Crippen molar-refractivity contribution in [2.45, 2.75) is 19.5 Å². The summed E-state index contributed by atoms with van der Waals surface area (Å²) in [5.41, 5.74) is 2.97. The van der Waals surface area contributed by atoms with E-state index in [1.807, 2.05) is 18.2 Å². The molecule has 1 N–H and O–H groups in total. The highest BCUT2D eigenvalue weighted by atomic mass is 79.9. The first kappa shape index (κ1) is 14.3. The molecule has 1 aromatic heterocycles. The Balaban J connectivity index is 1.91. The van der Waals surface area contributed by atoms with Crippen molar-refractivity contribution >= 4 is 15.9 Å². The number of nitrogens with zero attached hydrogens (tertiary/aromatic N) is 2. The fourth-order valence-electron chi connectivity index (χ4n) is 2.45. The lowest BCUT2D eigenvalue weighted by Crippen LogP contribution is -2.31. The topological polar surface area (TPSA) is 56.2 Å². The predicted octanol–water partition coefficient (Wildman–Crippen LogP) is 1.71. The summed E-state index contributed by atoms with van der Waals surface area (Å²) in [5, 5.41) is 7.75. The van der Waals surface area contributed by atoms with Gasteiger partial charge in [0.1, 0.15) is 5.75 Å². The maximum Gasteiger partial charge on any atom is 0.267 e. The second kappa shape index (κ2) is 5.99. The van der Waals surface area contributed by atoms with E-state index in [1.165, 1.54) is 4.68 Å². The van der Waals surface area contributed by atoms with Crippen molar-refractivity contribution in [3.63, 3.8) is 0 Å². The molecule has 0 fully saturated rings. The molecule has 0 amide bonds. The Morgan fingerprint density at radius 3 is 3.05 bits per heavy atom. The Morgan fingerprint density at radius 2 is 2.29 bits per heavy atom. The van der Waals surface area contributed by atoms with Crippen LogP contribution in [0, 0.1) is 0 Å². The number of nitrogens with one attached hydrogen (secondary N) is 1. The summed E-state index contributed by atoms with van der Waals surface area (Å²) in [6.07, 6.45) is 0.863. The number of fused-ring (bicyclic) bond motifs is 1. The number of rotatable bonds is 3. The molecule has 6 heteroatoms. The number of benzene rings is 1. The molecule has 5 nitrogen and oxygen atoms in total. The molecule has 21 heavy (non-hydrogen) atoms. The van der Waals surface area contributed by atoms with Crippen LogP contribution in [0.5, 0.6) is 5.75 Å². The van der Waals surface area contributed by atoms with Crippen LogP contribution < -0.4 is 15.6 Å². The van der Waals surface area contributed by atoms with E-state index in [1.54, 1.807) is 13.2 Å². The van der Waals surface area contributed by atoms with Crippen LogP contribution in [0.1, 0.15) is 16.8 Å². The van der Waals surface area contributed by atoms with Crippen LogP contribution in [0.2, 0.25) is 0 Å². The van der Waals surface area contributed by atoms with Gasteiger partial charge in [-0.3, -0.25) is 4.79 Å². The lowest BCUT2D eigenvalue weighted by Gasteiger charge is -2.17. The van der Waals surface area contributed by atoms with E-state index >= 15 is 0 Å². The van der Waals surface area contributed by atoms with Crippen molar-refractivity contribution in [2.24, 2.45) is 0 Å². The summed E-state index contributed by atoms with van der Waals surface area (Å²) in [6, 6.07) is 7.46. The van der Waals surface area contributed by atoms with Gasteiger partial charge in [0.25, 0.3) is 5.56 Å². The zero-order valence-corrected chi connectivity index (χ0v) is 13.3. The molecule has 0 atom stereocenters. The molecule has 0 radical (unpaired) electrons. The van der Waals surface area contributed by atoms with Crippen LogP contribution in [-0.2, 0) is 19.5 Å². The Bertz CT molecular complexity index is 727. The summed E-state index contributed by atoms with van der Waals surface area (Å²) in [6.45, 7) is 2.10. The van der Waals surface area contributed by atoms with Gasteiger partial charge in [0, 0.05) is 25.6 Å². The normalized spacial score (nSPS) is 13.8. The maximum absolute atomic E-state index is 12.1.